The number of H-pyrrole nitrogens is 1. The smallest absolute Gasteiger partial charge is 0.254 e. The Morgan fingerprint density at radius 1 is 1.17 bits per heavy atom. The van der Waals surface area contributed by atoms with E-state index in [1.54, 1.807) is 12.3 Å². The van der Waals surface area contributed by atoms with Crippen molar-refractivity contribution in [3.05, 3.63) is 52.9 Å². The average molecular weight is 239 g/mol. The highest BCUT2D eigenvalue weighted by Crippen LogP contribution is 2.24. The molecule has 1 aromatic carbocycles. The molecule has 0 aliphatic heterocycles. The van der Waals surface area contributed by atoms with Gasteiger partial charge in [0.05, 0.1) is 11.6 Å². The molecule has 0 aliphatic rings. The minimum atomic E-state index is -0.398. The van der Waals surface area contributed by atoms with Crippen LogP contribution in [0.4, 0.5) is 0 Å². The molecule has 0 bridgehead atoms. The first-order chi connectivity index (χ1) is 8.74. The van der Waals surface area contributed by atoms with E-state index in [9.17, 15) is 9.90 Å². The van der Waals surface area contributed by atoms with Crippen molar-refractivity contribution in [3.8, 4) is 17.3 Å². The van der Waals surface area contributed by atoms with Crippen LogP contribution in [-0.4, -0.2) is 20.1 Å². The van der Waals surface area contributed by atoms with Crippen molar-refractivity contribution in [1.82, 2.24) is 15.0 Å². The minimum Gasteiger partial charge on any atom is -0.493 e. The van der Waals surface area contributed by atoms with Crippen LogP contribution in [0, 0.1) is 0 Å². The van der Waals surface area contributed by atoms with Crippen molar-refractivity contribution in [2.75, 3.05) is 0 Å². The first-order valence-electron chi connectivity index (χ1n) is 5.38. The number of aromatic amines is 1. The summed E-state index contributed by atoms with van der Waals surface area (Å²) in [5, 5.41) is 10.3. The Balaban J connectivity index is 2.34. The van der Waals surface area contributed by atoms with Gasteiger partial charge in [0.2, 0.25) is 5.88 Å². The Kier molecular flexibility index (Phi) is 2.30. The summed E-state index contributed by atoms with van der Waals surface area (Å²) >= 11 is 0. The number of hydrogen-bond acceptors (Lipinski definition) is 4. The van der Waals surface area contributed by atoms with Crippen molar-refractivity contribution in [1.29, 1.82) is 0 Å². The van der Waals surface area contributed by atoms with Crippen LogP contribution in [0.5, 0.6) is 5.88 Å². The van der Waals surface area contributed by atoms with Crippen LogP contribution in [0.15, 0.2) is 47.4 Å². The molecule has 2 N–H and O–H groups in total. The van der Waals surface area contributed by atoms with Gasteiger partial charge in [0.25, 0.3) is 5.56 Å². The molecule has 5 heteroatoms. The Labute approximate surface area is 102 Å². The lowest BCUT2D eigenvalue weighted by Gasteiger charge is -2.04. The molecule has 0 amide bonds. The van der Waals surface area contributed by atoms with Gasteiger partial charge in [-0.3, -0.25) is 9.78 Å². The fraction of sp³-hybridized carbons (Fsp3) is 0. The number of rotatable bonds is 1. The number of nitrogens with one attached hydrogen (secondary N) is 1. The predicted octanol–water partition coefficient (Wildman–Crippen LogP) is 1.69. The van der Waals surface area contributed by atoms with Crippen LogP contribution < -0.4 is 5.56 Å². The molecule has 2 aromatic heterocycles. The predicted molar refractivity (Wildman–Crippen MR) is 67.3 cm³/mol. The summed E-state index contributed by atoms with van der Waals surface area (Å²) in [5.41, 5.74) is 1.01. The van der Waals surface area contributed by atoms with E-state index < -0.39 is 5.56 Å². The molecule has 3 aromatic rings. The summed E-state index contributed by atoms with van der Waals surface area (Å²) in [6, 6.07) is 10.4. The maximum atomic E-state index is 11.3. The standard InChI is InChI=1S/C13H9N3O2/c17-10-7-11(18)16-13(15-10)9-5-1-3-8-4-2-6-14-12(8)9/h1-7H,(H2,15,16,17,18). The topological polar surface area (TPSA) is 78.9 Å². The summed E-state index contributed by atoms with van der Waals surface area (Å²) in [7, 11) is 0. The lowest BCUT2D eigenvalue weighted by molar-refractivity contribution is 0.452. The number of para-hydroxylation sites is 1. The van der Waals surface area contributed by atoms with Crippen molar-refractivity contribution in [2.24, 2.45) is 0 Å². The van der Waals surface area contributed by atoms with Gasteiger partial charge in [-0.2, -0.15) is 4.98 Å². The molecular weight excluding hydrogens is 230 g/mol. The maximum absolute atomic E-state index is 11.3. The average Bonchev–Trinajstić information content (AvgIpc) is 2.37. The van der Waals surface area contributed by atoms with Gasteiger partial charge in [-0.05, 0) is 12.1 Å². The molecule has 0 radical (unpaired) electrons. The van der Waals surface area contributed by atoms with Gasteiger partial charge in [-0.15, -0.1) is 0 Å². The van der Waals surface area contributed by atoms with Crippen molar-refractivity contribution in [2.45, 2.75) is 0 Å². The molecular formula is C13H9N3O2. The van der Waals surface area contributed by atoms with Gasteiger partial charge in [0.1, 0.15) is 5.82 Å². The van der Waals surface area contributed by atoms with Gasteiger partial charge >= 0.3 is 0 Å². The van der Waals surface area contributed by atoms with E-state index >= 15 is 0 Å². The molecule has 0 aliphatic carbocycles. The minimum absolute atomic E-state index is 0.304. The van der Waals surface area contributed by atoms with Crippen LogP contribution in [0.2, 0.25) is 0 Å². The molecule has 3 rings (SSSR count). The Bertz CT molecular complexity index is 775. The van der Waals surface area contributed by atoms with Crippen molar-refractivity contribution < 1.29 is 5.11 Å². The van der Waals surface area contributed by atoms with Crippen LogP contribution in [0.1, 0.15) is 0 Å². The van der Waals surface area contributed by atoms with Gasteiger partial charge < -0.3 is 10.1 Å². The normalized spacial score (nSPS) is 10.7. The second kappa shape index (κ2) is 3.96. The zero-order valence-corrected chi connectivity index (χ0v) is 9.29. The Hall–Kier alpha value is -2.69. The van der Waals surface area contributed by atoms with E-state index in [4.69, 9.17) is 0 Å². The largest absolute Gasteiger partial charge is 0.493 e. The fourth-order valence-electron chi connectivity index (χ4n) is 1.87. The van der Waals surface area contributed by atoms with Crippen LogP contribution >= 0.6 is 0 Å². The van der Waals surface area contributed by atoms with Gasteiger partial charge in [-0.1, -0.05) is 18.2 Å². The molecule has 5 nitrogen and oxygen atoms in total. The summed E-state index contributed by atoms with van der Waals surface area (Å²) in [6.07, 6.45) is 1.67. The first-order valence-corrected chi connectivity index (χ1v) is 5.38. The molecule has 18 heavy (non-hydrogen) atoms. The number of aromatic nitrogens is 3. The highest BCUT2D eigenvalue weighted by atomic mass is 16.3. The molecule has 88 valence electrons. The van der Waals surface area contributed by atoms with E-state index in [-0.39, 0.29) is 5.88 Å². The molecule has 0 spiro atoms. The number of nitrogens with zero attached hydrogens (tertiary/aromatic N) is 2. The zero-order valence-electron chi connectivity index (χ0n) is 9.29. The zero-order chi connectivity index (χ0) is 12.5. The Morgan fingerprint density at radius 3 is 2.83 bits per heavy atom. The van der Waals surface area contributed by atoms with E-state index in [1.807, 2.05) is 24.3 Å². The van der Waals surface area contributed by atoms with Crippen LogP contribution in [-0.2, 0) is 0 Å². The van der Waals surface area contributed by atoms with Crippen LogP contribution in [0.25, 0.3) is 22.3 Å². The summed E-state index contributed by atoms with van der Waals surface area (Å²) in [4.78, 5) is 22.1. The number of pyridine rings is 1. The third-order valence-corrected chi connectivity index (χ3v) is 2.62. The van der Waals surface area contributed by atoms with Gasteiger partial charge in [0.15, 0.2) is 0 Å². The second-order valence-electron chi connectivity index (χ2n) is 3.83. The van der Waals surface area contributed by atoms with E-state index in [0.29, 0.717) is 11.4 Å². The van der Waals surface area contributed by atoms with Crippen molar-refractivity contribution >= 4 is 10.9 Å². The van der Waals surface area contributed by atoms with Gasteiger partial charge in [-0.25, -0.2) is 0 Å². The summed E-state index contributed by atoms with van der Waals surface area (Å²) in [6.45, 7) is 0. The van der Waals surface area contributed by atoms with Crippen molar-refractivity contribution in [3.63, 3.8) is 0 Å². The molecule has 0 saturated carbocycles. The highest BCUT2D eigenvalue weighted by molar-refractivity contribution is 5.91. The third kappa shape index (κ3) is 1.71. The summed E-state index contributed by atoms with van der Waals surface area (Å²) < 4.78 is 0. The quantitative estimate of drug-likeness (QED) is 0.677. The number of hydrogen-bond donors (Lipinski definition) is 2. The first kappa shape index (κ1) is 10.5. The monoisotopic (exact) mass is 239 g/mol. The number of aromatic hydroxyl groups is 1. The molecule has 2 heterocycles. The Morgan fingerprint density at radius 2 is 2.00 bits per heavy atom. The highest BCUT2D eigenvalue weighted by Gasteiger charge is 2.08. The van der Waals surface area contributed by atoms with E-state index in [0.717, 1.165) is 17.0 Å². The maximum Gasteiger partial charge on any atom is 0.254 e. The molecule has 0 fully saturated rings. The lowest BCUT2D eigenvalue weighted by atomic mass is 10.1. The third-order valence-electron chi connectivity index (χ3n) is 2.62. The molecule has 0 saturated heterocycles. The fourth-order valence-corrected chi connectivity index (χ4v) is 1.87. The second-order valence-corrected chi connectivity index (χ2v) is 3.83. The van der Waals surface area contributed by atoms with Crippen LogP contribution in [0.3, 0.4) is 0 Å². The molecule has 0 atom stereocenters. The van der Waals surface area contributed by atoms with E-state index in [2.05, 4.69) is 15.0 Å². The number of fused-ring (bicyclic) bond motifs is 1. The summed E-state index contributed by atoms with van der Waals surface area (Å²) in [5.74, 6) is 0.00554. The van der Waals surface area contributed by atoms with E-state index in [1.165, 1.54) is 0 Å². The number of benzene rings is 1. The SMILES string of the molecule is O=c1cc(O)nc(-c2cccc3cccnc23)[nH]1. The lowest BCUT2D eigenvalue weighted by Crippen LogP contribution is -2.06. The van der Waals surface area contributed by atoms with Gasteiger partial charge in [0, 0.05) is 17.1 Å². The molecule has 0 unspecified atom stereocenters.